The normalized spacial score (nSPS) is 35.3. The molecular formula is C43H58N4O6. The van der Waals surface area contributed by atoms with Crippen molar-refractivity contribution in [2.45, 2.75) is 116 Å². The predicted molar refractivity (Wildman–Crippen MR) is 201 cm³/mol. The van der Waals surface area contributed by atoms with Crippen molar-refractivity contribution >= 4 is 11.9 Å². The lowest BCUT2D eigenvalue weighted by Gasteiger charge is -2.51. The number of nitrogens with two attached hydrogens (primary N) is 2. The number of methoxy groups -OCH3 is 1. The zero-order valence-corrected chi connectivity index (χ0v) is 32.5. The summed E-state index contributed by atoms with van der Waals surface area (Å²) < 4.78 is 16.7. The largest absolute Gasteiger partial charge is 0.464 e. The van der Waals surface area contributed by atoms with Crippen LogP contribution in [0.1, 0.15) is 113 Å². The van der Waals surface area contributed by atoms with Gasteiger partial charge in [-0.1, -0.05) is 52.7 Å². The fourth-order valence-corrected chi connectivity index (χ4v) is 11.0. The van der Waals surface area contributed by atoms with E-state index in [1.54, 1.807) is 39.2 Å². The summed E-state index contributed by atoms with van der Waals surface area (Å²) in [4.78, 5) is 26.3. The van der Waals surface area contributed by atoms with Gasteiger partial charge in [0.05, 0.1) is 48.7 Å². The SMILES string of the molecule is CCOC(=O)[C@]1(N)c2cc(C#N)ccc2C[C@@]12C[C@@H](CC)[C@H](O)[C@@H](C)C2.CCOC(=O)[C@]1(N)c2cc(C#N)ccc2C[C@@]12C[C@@H](CC)[C@H](OC)[C@@H](C)C2. The molecule has 2 fully saturated rings. The van der Waals surface area contributed by atoms with E-state index in [1.807, 2.05) is 25.1 Å². The van der Waals surface area contributed by atoms with Crippen molar-refractivity contribution in [3.8, 4) is 12.1 Å². The maximum atomic E-state index is 13.2. The van der Waals surface area contributed by atoms with Crippen LogP contribution in [0.15, 0.2) is 36.4 Å². The maximum Gasteiger partial charge on any atom is 0.331 e. The number of hydrogen-bond donors (Lipinski definition) is 3. The summed E-state index contributed by atoms with van der Waals surface area (Å²) in [6, 6.07) is 15.3. The van der Waals surface area contributed by atoms with E-state index >= 15 is 0 Å². The molecule has 0 aliphatic heterocycles. The Hall–Kier alpha value is -3.80. The van der Waals surface area contributed by atoms with Gasteiger partial charge in [0.1, 0.15) is 11.1 Å². The van der Waals surface area contributed by atoms with Crippen LogP contribution in [0.3, 0.4) is 0 Å². The quantitative estimate of drug-likeness (QED) is 0.290. The lowest BCUT2D eigenvalue weighted by molar-refractivity contribution is -0.162. The number of esters is 2. The average molecular weight is 727 g/mol. The van der Waals surface area contributed by atoms with Crippen molar-refractivity contribution in [1.29, 1.82) is 10.5 Å². The Morgan fingerprint density at radius 1 is 0.755 bits per heavy atom. The number of carbonyl (C=O) groups is 2. The Morgan fingerprint density at radius 3 is 1.58 bits per heavy atom. The van der Waals surface area contributed by atoms with Crippen molar-refractivity contribution in [3.05, 3.63) is 69.8 Å². The lowest BCUT2D eigenvalue weighted by Crippen LogP contribution is -2.60. The summed E-state index contributed by atoms with van der Waals surface area (Å²) in [6.45, 7) is 12.6. The molecule has 5 N–H and O–H groups in total. The van der Waals surface area contributed by atoms with Gasteiger partial charge < -0.3 is 30.8 Å². The number of hydrogen-bond acceptors (Lipinski definition) is 10. The second kappa shape index (κ2) is 15.5. The summed E-state index contributed by atoms with van der Waals surface area (Å²) in [5.74, 6) is -0.0302. The number of nitriles is 2. The van der Waals surface area contributed by atoms with E-state index in [4.69, 9.17) is 25.7 Å². The lowest BCUT2D eigenvalue weighted by atomic mass is 9.56. The number of ether oxygens (including phenoxy) is 3. The average Bonchev–Trinajstić information content (AvgIpc) is 3.53. The van der Waals surface area contributed by atoms with E-state index in [1.165, 1.54) is 0 Å². The molecule has 0 amide bonds. The minimum atomic E-state index is -1.28. The van der Waals surface area contributed by atoms with Gasteiger partial charge in [0.15, 0.2) is 0 Å². The van der Waals surface area contributed by atoms with Crippen LogP contribution in [0.25, 0.3) is 0 Å². The third kappa shape index (κ3) is 6.46. The molecule has 4 aliphatic rings. The molecule has 2 spiro atoms. The first-order chi connectivity index (χ1) is 25.2. The molecule has 2 aromatic carbocycles. The predicted octanol–water partition coefficient (Wildman–Crippen LogP) is 5.92. The first-order valence-corrected chi connectivity index (χ1v) is 19.4. The Bertz CT molecular complexity index is 1780. The summed E-state index contributed by atoms with van der Waals surface area (Å²) in [7, 11) is 1.77. The van der Waals surface area contributed by atoms with E-state index in [0.717, 1.165) is 48.8 Å². The third-order valence-corrected chi connectivity index (χ3v) is 13.4. The van der Waals surface area contributed by atoms with Crippen LogP contribution < -0.4 is 11.5 Å². The first kappa shape index (κ1) is 40.4. The highest BCUT2D eigenvalue weighted by Gasteiger charge is 2.65. The Balaban J connectivity index is 0.000000204. The maximum absolute atomic E-state index is 13.2. The molecule has 286 valence electrons. The molecule has 10 nitrogen and oxygen atoms in total. The molecule has 10 heteroatoms. The number of aliphatic hydroxyl groups excluding tert-OH is 1. The standard InChI is InChI=1S/C22H30N2O3.C21H28N2O3/c1-5-16-11-21(10-14(3)19(16)26-4)12-17-8-7-15(13-23)9-18(17)22(21,24)20(25)27-6-2;1-4-15-10-20(9-13(3)18(15)24)11-16-7-6-14(12-22)8-17(16)21(20,23)19(25)26-5-2/h7-9,14,16,19H,5-6,10-12,24H2,1-4H3;6-8,13,15,18,24H,4-5,9-11,23H2,1-3H3/t14-,16+,19+,21+,22+;13-,15+,18+,20+,21+/m00/s1. The number of rotatable bonds is 7. The van der Waals surface area contributed by atoms with Gasteiger partial charge >= 0.3 is 11.9 Å². The molecule has 0 heterocycles. The minimum Gasteiger partial charge on any atom is -0.464 e. The van der Waals surface area contributed by atoms with Crippen LogP contribution in [0.5, 0.6) is 0 Å². The molecular weight excluding hydrogens is 668 g/mol. The molecule has 2 saturated carbocycles. The second-order valence-corrected chi connectivity index (χ2v) is 16.2. The summed E-state index contributed by atoms with van der Waals surface area (Å²) >= 11 is 0. The number of benzene rings is 2. The van der Waals surface area contributed by atoms with Gasteiger partial charge in [-0.3, -0.25) is 0 Å². The molecule has 6 rings (SSSR count). The van der Waals surface area contributed by atoms with E-state index in [2.05, 4.69) is 32.9 Å². The van der Waals surface area contributed by atoms with Gasteiger partial charge in [0, 0.05) is 17.9 Å². The monoisotopic (exact) mass is 726 g/mol. The molecule has 2 aromatic rings. The Morgan fingerprint density at radius 2 is 1.19 bits per heavy atom. The van der Waals surface area contributed by atoms with Gasteiger partial charge in [-0.25, -0.2) is 9.59 Å². The summed E-state index contributed by atoms with van der Waals surface area (Å²) in [6.07, 6.45) is 5.98. The Kier molecular flexibility index (Phi) is 11.8. The van der Waals surface area contributed by atoms with Crippen molar-refractivity contribution in [2.75, 3.05) is 20.3 Å². The number of fused-ring (bicyclic) bond motifs is 2. The first-order valence-electron chi connectivity index (χ1n) is 19.4. The molecule has 10 atom stereocenters. The van der Waals surface area contributed by atoms with Crippen molar-refractivity contribution < 1.29 is 28.9 Å². The highest BCUT2D eigenvalue weighted by atomic mass is 16.5. The summed E-state index contributed by atoms with van der Waals surface area (Å²) in [5, 5.41) is 29.2. The minimum absolute atomic E-state index is 0.0517. The number of nitrogens with zero attached hydrogens (tertiary/aromatic N) is 2. The zero-order chi connectivity index (χ0) is 38.9. The van der Waals surface area contributed by atoms with Crippen LogP contribution in [0.4, 0.5) is 0 Å². The third-order valence-electron chi connectivity index (χ3n) is 13.4. The highest BCUT2D eigenvalue weighted by Crippen LogP contribution is 2.61. The number of carbonyl (C=O) groups excluding carboxylic acids is 2. The van der Waals surface area contributed by atoms with Gasteiger partial charge in [0.2, 0.25) is 0 Å². The molecule has 0 radical (unpaired) electrons. The van der Waals surface area contributed by atoms with Gasteiger partial charge in [-0.15, -0.1) is 0 Å². The van der Waals surface area contributed by atoms with Gasteiger partial charge in [-0.05, 0) is 123 Å². The molecule has 0 unspecified atom stereocenters. The van der Waals surface area contributed by atoms with Gasteiger partial charge in [0.25, 0.3) is 0 Å². The van der Waals surface area contributed by atoms with Crippen LogP contribution >= 0.6 is 0 Å². The van der Waals surface area contributed by atoms with Crippen LogP contribution in [-0.4, -0.2) is 49.6 Å². The molecule has 53 heavy (non-hydrogen) atoms. The molecule has 0 saturated heterocycles. The smallest absolute Gasteiger partial charge is 0.331 e. The van der Waals surface area contributed by atoms with Crippen molar-refractivity contribution in [3.63, 3.8) is 0 Å². The molecule has 0 bridgehead atoms. The van der Waals surface area contributed by atoms with E-state index in [9.17, 15) is 25.2 Å². The van der Waals surface area contributed by atoms with Crippen LogP contribution in [0.2, 0.25) is 0 Å². The van der Waals surface area contributed by atoms with Crippen molar-refractivity contribution in [1.82, 2.24) is 0 Å². The van der Waals surface area contributed by atoms with Crippen LogP contribution in [-0.2, 0) is 47.7 Å². The van der Waals surface area contributed by atoms with E-state index in [0.29, 0.717) is 41.9 Å². The fourth-order valence-electron chi connectivity index (χ4n) is 11.0. The fraction of sp³-hybridized carbons (Fsp3) is 0.628. The number of aliphatic hydroxyl groups is 1. The molecule has 4 aliphatic carbocycles. The summed E-state index contributed by atoms with van der Waals surface area (Å²) in [5.41, 5.74) is 15.0. The van der Waals surface area contributed by atoms with Gasteiger partial charge in [-0.2, -0.15) is 10.5 Å². The Labute approximate surface area is 315 Å². The second-order valence-electron chi connectivity index (χ2n) is 16.2. The van der Waals surface area contributed by atoms with Crippen LogP contribution in [0, 0.1) is 57.2 Å². The highest BCUT2D eigenvalue weighted by molar-refractivity contribution is 5.87. The molecule has 0 aromatic heterocycles. The van der Waals surface area contributed by atoms with Crippen molar-refractivity contribution in [2.24, 2.45) is 46.0 Å². The van der Waals surface area contributed by atoms with E-state index in [-0.39, 0.29) is 49.1 Å². The topological polar surface area (TPSA) is 182 Å². The zero-order valence-electron chi connectivity index (χ0n) is 32.5. The van der Waals surface area contributed by atoms with E-state index < -0.39 is 27.9 Å².